The number of carbonyl (C=O) groups is 3. The van der Waals surface area contributed by atoms with Crippen LogP contribution < -0.4 is 10.6 Å². The van der Waals surface area contributed by atoms with Gasteiger partial charge in [0.15, 0.2) is 0 Å². The number of urea groups is 1. The van der Waals surface area contributed by atoms with E-state index >= 15 is 0 Å². The van der Waals surface area contributed by atoms with Crippen molar-refractivity contribution in [2.24, 2.45) is 0 Å². The summed E-state index contributed by atoms with van der Waals surface area (Å²) in [7, 11) is 0. The van der Waals surface area contributed by atoms with Crippen molar-refractivity contribution in [2.75, 3.05) is 11.9 Å². The molecule has 2 amide bonds. The Labute approximate surface area is 184 Å². The lowest BCUT2D eigenvalue weighted by molar-refractivity contribution is -0.135. The van der Waals surface area contributed by atoms with E-state index in [0.717, 1.165) is 16.8 Å². The number of hydrogen-bond acceptors (Lipinski definition) is 3. The smallest absolute Gasteiger partial charge is 0.323 e. The normalized spacial score (nSPS) is 11.6. The zero-order valence-electron chi connectivity index (χ0n) is 17.0. The highest BCUT2D eigenvalue weighted by Gasteiger charge is 2.18. The molecule has 3 rings (SSSR count). The number of H-pyrrole nitrogens is 1. The molecule has 0 saturated heterocycles. The van der Waals surface area contributed by atoms with Gasteiger partial charge in [-0.2, -0.15) is 0 Å². The van der Waals surface area contributed by atoms with Gasteiger partial charge in [-0.15, -0.1) is 0 Å². The lowest BCUT2D eigenvalue weighted by Crippen LogP contribution is -2.33. The third-order valence-corrected chi connectivity index (χ3v) is 5.16. The van der Waals surface area contributed by atoms with Gasteiger partial charge in [-0.25, -0.2) is 4.79 Å². The van der Waals surface area contributed by atoms with Crippen LogP contribution in [0.3, 0.4) is 0 Å². The van der Waals surface area contributed by atoms with Gasteiger partial charge < -0.3 is 20.7 Å². The maximum absolute atomic E-state index is 12.8. The van der Waals surface area contributed by atoms with Crippen molar-refractivity contribution >= 4 is 35.1 Å². The van der Waals surface area contributed by atoms with Crippen molar-refractivity contribution < 1.29 is 19.5 Å². The first kappa shape index (κ1) is 22.1. The van der Waals surface area contributed by atoms with Crippen LogP contribution in [0.4, 0.5) is 10.5 Å². The van der Waals surface area contributed by atoms with Gasteiger partial charge in [-0.1, -0.05) is 30.7 Å². The molecule has 8 heteroatoms. The fourth-order valence-corrected chi connectivity index (χ4v) is 3.29. The van der Waals surface area contributed by atoms with E-state index in [1.54, 1.807) is 36.4 Å². The minimum Gasteiger partial charge on any atom is -0.480 e. The van der Waals surface area contributed by atoms with Gasteiger partial charge in [-0.3, -0.25) is 9.59 Å². The van der Waals surface area contributed by atoms with Gasteiger partial charge >= 0.3 is 12.0 Å². The van der Waals surface area contributed by atoms with Crippen molar-refractivity contribution in [3.8, 4) is 0 Å². The minimum absolute atomic E-state index is 0.0136. The standard InChI is InChI=1S/C23H22ClN3O4/c1-13-11-19(27-21(13)22(30)16-3-7-17(24)8-4-16)14(2)15-5-9-18(10-6-15)26-23(31)25-12-20(28)29/h3-11,14,27H,12H2,1-2H3,(H,28,29)(H2,25,26,31). The molecule has 0 bridgehead atoms. The molecule has 0 aliphatic rings. The van der Waals surface area contributed by atoms with Crippen LogP contribution in [0.2, 0.25) is 5.02 Å². The molecule has 0 aliphatic heterocycles. The SMILES string of the molecule is Cc1cc(C(C)c2ccc(NC(=O)NCC(=O)O)cc2)[nH]c1C(=O)c1ccc(Cl)cc1. The summed E-state index contributed by atoms with van der Waals surface area (Å²) in [6.07, 6.45) is 0. The Balaban J connectivity index is 1.71. The number of nitrogens with one attached hydrogen (secondary N) is 3. The highest BCUT2D eigenvalue weighted by molar-refractivity contribution is 6.30. The van der Waals surface area contributed by atoms with Gasteiger partial charge in [0.1, 0.15) is 6.54 Å². The molecule has 4 N–H and O–H groups in total. The first-order valence-corrected chi connectivity index (χ1v) is 9.98. The number of carbonyl (C=O) groups excluding carboxylic acids is 2. The summed E-state index contributed by atoms with van der Waals surface area (Å²) in [6, 6.07) is 15.4. The summed E-state index contributed by atoms with van der Waals surface area (Å²) in [5.74, 6) is -1.23. The van der Waals surface area contributed by atoms with Crippen molar-refractivity contribution in [1.82, 2.24) is 10.3 Å². The Kier molecular flexibility index (Phi) is 6.77. The molecule has 1 heterocycles. The molecule has 0 fully saturated rings. The Morgan fingerprint density at radius 3 is 2.32 bits per heavy atom. The van der Waals surface area contributed by atoms with Crippen LogP contribution in [0.1, 0.15) is 45.7 Å². The topological polar surface area (TPSA) is 111 Å². The highest BCUT2D eigenvalue weighted by atomic mass is 35.5. The largest absolute Gasteiger partial charge is 0.480 e. The molecule has 2 aromatic carbocycles. The summed E-state index contributed by atoms with van der Waals surface area (Å²) in [5.41, 5.74) is 4.39. The van der Waals surface area contributed by atoms with Crippen LogP contribution in [0.25, 0.3) is 0 Å². The second kappa shape index (κ2) is 9.49. The zero-order chi connectivity index (χ0) is 22.5. The van der Waals surface area contributed by atoms with E-state index < -0.39 is 18.5 Å². The van der Waals surface area contributed by atoms with Crippen LogP contribution in [0.5, 0.6) is 0 Å². The van der Waals surface area contributed by atoms with Gasteiger partial charge in [0.05, 0.1) is 5.69 Å². The molecule has 3 aromatic rings. The second-order valence-electron chi connectivity index (χ2n) is 7.16. The Bertz CT molecular complexity index is 1100. The van der Waals surface area contributed by atoms with Crippen molar-refractivity contribution in [2.45, 2.75) is 19.8 Å². The molecule has 7 nitrogen and oxygen atoms in total. The second-order valence-corrected chi connectivity index (χ2v) is 7.60. The van der Waals surface area contributed by atoms with Gasteiger partial charge in [0.25, 0.3) is 0 Å². The third kappa shape index (κ3) is 5.52. The maximum Gasteiger partial charge on any atom is 0.323 e. The monoisotopic (exact) mass is 439 g/mol. The van der Waals surface area contributed by atoms with Crippen LogP contribution in [0, 0.1) is 6.92 Å². The summed E-state index contributed by atoms with van der Waals surface area (Å²) in [5, 5.41) is 14.0. The van der Waals surface area contributed by atoms with E-state index in [2.05, 4.69) is 15.6 Å². The maximum atomic E-state index is 12.8. The van der Waals surface area contributed by atoms with Crippen LogP contribution in [0.15, 0.2) is 54.6 Å². The van der Waals surface area contributed by atoms with Crippen molar-refractivity contribution in [1.29, 1.82) is 0 Å². The minimum atomic E-state index is -1.12. The van der Waals surface area contributed by atoms with Gasteiger partial charge in [0, 0.05) is 27.9 Å². The molecular weight excluding hydrogens is 418 g/mol. The van der Waals surface area contributed by atoms with E-state index in [4.69, 9.17) is 16.7 Å². The lowest BCUT2D eigenvalue weighted by Gasteiger charge is -2.12. The molecule has 0 saturated carbocycles. The molecule has 0 radical (unpaired) electrons. The van der Waals surface area contributed by atoms with E-state index in [1.165, 1.54) is 0 Å². The Hall–Kier alpha value is -3.58. The third-order valence-electron chi connectivity index (χ3n) is 4.90. The molecule has 1 atom stereocenters. The number of carboxylic acid groups (broad SMARTS) is 1. The Morgan fingerprint density at radius 2 is 1.71 bits per heavy atom. The highest BCUT2D eigenvalue weighted by Crippen LogP contribution is 2.27. The lowest BCUT2D eigenvalue weighted by atomic mass is 9.97. The number of amides is 2. The number of ketones is 1. The molecule has 0 spiro atoms. The predicted molar refractivity (Wildman–Crippen MR) is 119 cm³/mol. The summed E-state index contributed by atoms with van der Waals surface area (Å²) in [6.45, 7) is 3.45. The average Bonchev–Trinajstić information content (AvgIpc) is 3.14. The number of carboxylic acids is 1. The molecular formula is C23H22ClN3O4. The fourth-order valence-electron chi connectivity index (χ4n) is 3.16. The molecule has 0 aliphatic carbocycles. The quantitative estimate of drug-likeness (QED) is 0.404. The molecule has 31 heavy (non-hydrogen) atoms. The average molecular weight is 440 g/mol. The van der Waals surface area contributed by atoms with E-state index in [0.29, 0.717) is 22.0 Å². The van der Waals surface area contributed by atoms with E-state index in [9.17, 15) is 14.4 Å². The summed E-state index contributed by atoms with van der Waals surface area (Å²) >= 11 is 5.90. The number of aliphatic carboxylic acids is 1. The predicted octanol–water partition coefficient (Wildman–Crippen LogP) is 4.57. The van der Waals surface area contributed by atoms with Crippen LogP contribution in [-0.2, 0) is 4.79 Å². The number of anilines is 1. The van der Waals surface area contributed by atoms with Crippen LogP contribution >= 0.6 is 11.6 Å². The number of benzene rings is 2. The molecule has 1 unspecified atom stereocenters. The number of hydrogen-bond donors (Lipinski definition) is 4. The number of aromatic nitrogens is 1. The van der Waals surface area contributed by atoms with Crippen LogP contribution in [-0.4, -0.2) is 34.4 Å². The van der Waals surface area contributed by atoms with E-state index in [1.807, 2.05) is 32.0 Å². The number of aryl methyl sites for hydroxylation is 1. The number of aromatic amines is 1. The van der Waals surface area contributed by atoms with Crippen molar-refractivity contribution in [3.05, 3.63) is 87.7 Å². The first-order chi connectivity index (χ1) is 14.7. The van der Waals surface area contributed by atoms with E-state index in [-0.39, 0.29) is 11.7 Å². The zero-order valence-corrected chi connectivity index (χ0v) is 17.8. The van der Waals surface area contributed by atoms with Crippen molar-refractivity contribution in [3.63, 3.8) is 0 Å². The molecule has 160 valence electrons. The molecule has 1 aromatic heterocycles. The Morgan fingerprint density at radius 1 is 1.06 bits per heavy atom. The number of rotatable bonds is 7. The number of halogens is 1. The summed E-state index contributed by atoms with van der Waals surface area (Å²) in [4.78, 5) is 38.3. The fraction of sp³-hybridized carbons (Fsp3) is 0.174. The summed E-state index contributed by atoms with van der Waals surface area (Å²) < 4.78 is 0. The van der Waals surface area contributed by atoms with Gasteiger partial charge in [0.2, 0.25) is 5.78 Å². The first-order valence-electron chi connectivity index (χ1n) is 9.61. The van der Waals surface area contributed by atoms with Gasteiger partial charge in [-0.05, 0) is 60.5 Å².